The summed E-state index contributed by atoms with van der Waals surface area (Å²) in [6.45, 7) is 5.19. The highest BCUT2D eigenvalue weighted by molar-refractivity contribution is 5.87. The number of hydrogen-bond donors (Lipinski definition) is 1. The summed E-state index contributed by atoms with van der Waals surface area (Å²) >= 11 is 0. The summed E-state index contributed by atoms with van der Waals surface area (Å²) < 4.78 is 10.7. The number of allylic oxidation sites excluding steroid dienone is 3. The van der Waals surface area contributed by atoms with Crippen LogP contribution in [0.3, 0.4) is 0 Å². The summed E-state index contributed by atoms with van der Waals surface area (Å²) in [5.74, 6) is 2.14. The molecular formula is C20H27NO3. The molecule has 4 nitrogen and oxygen atoms in total. The number of ether oxygens (including phenoxy) is 2. The number of benzene rings is 1. The van der Waals surface area contributed by atoms with Crippen molar-refractivity contribution < 1.29 is 14.3 Å². The molecule has 1 aromatic carbocycles. The molecule has 4 heteroatoms. The fourth-order valence-electron chi connectivity index (χ4n) is 2.37. The normalized spacial score (nSPS) is 13.3. The van der Waals surface area contributed by atoms with E-state index in [4.69, 9.17) is 9.47 Å². The molecule has 0 bridgehead atoms. The quantitative estimate of drug-likeness (QED) is 0.423. The number of unbranched alkanes of at least 4 members (excludes halogenated alkanes) is 2. The summed E-state index contributed by atoms with van der Waals surface area (Å²) in [4.78, 5) is 11.5. The second-order valence-electron chi connectivity index (χ2n) is 6.36. The number of aryl methyl sites for hydroxylation is 1. The van der Waals surface area contributed by atoms with Crippen LogP contribution in [0.15, 0.2) is 42.5 Å². The first-order valence-electron chi connectivity index (χ1n) is 8.64. The lowest BCUT2D eigenvalue weighted by Crippen LogP contribution is -2.25. The highest BCUT2D eigenvalue weighted by atomic mass is 16.7. The summed E-state index contributed by atoms with van der Waals surface area (Å²) in [6.07, 6.45) is 11.7. The summed E-state index contributed by atoms with van der Waals surface area (Å²) in [5, 5.41) is 2.85. The van der Waals surface area contributed by atoms with E-state index in [1.807, 2.05) is 12.1 Å². The lowest BCUT2D eigenvalue weighted by atomic mass is 10.1. The second-order valence-corrected chi connectivity index (χ2v) is 6.36. The van der Waals surface area contributed by atoms with E-state index in [-0.39, 0.29) is 5.91 Å². The average Bonchev–Trinajstić information content (AvgIpc) is 3.03. The monoisotopic (exact) mass is 329 g/mol. The largest absolute Gasteiger partial charge is 0.454 e. The van der Waals surface area contributed by atoms with Gasteiger partial charge in [0.1, 0.15) is 0 Å². The van der Waals surface area contributed by atoms with Gasteiger partial charge in [0.05, 0.1) is 0 Å². The molecule has 0 aliphatic carbocycles. The third-order valence-electron chi connectivity index (χ3n) is 3.70. The molecule has 0 aromatic heterocycles. The Labute approximate surface area is 144 Å². The molecule has 0 saturated heterocycles. The molecule has 0 fully saturated rings. The van der Waals surface area contributed by atoms with E-state index in [9.17, 15) is 4.79 Å². The molecule has 1 heterocycles. The maximum atomic E-state index is 11.5. The van der Waals surface area contributed by atoms with Crippen LogP contribution < -0.4 is 14.8 Å². The molecule has 0 saturated carbocycles. The zero-order valence-corrected chi connectivity index (χ0v) is 14.6. The third-order valence-corrected chi connectivity index (χ3v) is 3.70. The molecule has 130 valence electrons. The first-order valence-corrected chi connectivity index (χ1v) is 8.64. The Kier molecular flexibility index (Phi) is 7.40. The predicted octanol–water partition coefficient (Wildman–Crippen LogP) is 4.01. The zero-order chi connectivity index (χ0) is 17.2. The van der Waals surface area contributed by atoms with Gasteiger partial charge in [0.15, 0.2) is 11.5 Å². The van der Waals surface area contributed by atoms with Crippen LogP contribution in [-0.4, -0.2) is 19.2 Å². The van der Waals surface area contributed by atoms with Gasteiger partial charge in [-0.15, -0.1) is 0 Å². The number of nitrogens with one attached hydrogen (secondary N) is 1. The van der Waals surface area contributed by atoms with Crippen LogP contribution in [0.5, 0.6) is 11.5 Å². The number of hydrogen-bond acceptors (Lipinski definition) is 3. The van der Waals surface area contributed by atoms with Crippen LogP contribution in [0.1, 0.15) is 38.7 Å². The summed E-state index contributed by atoms with van der Waals surface area (Å²) in [7, 11) is 0. The van der Waals surface area contributed by atoms with Crippen molar-refractivity contribution >= 4 is 5.91 Å². The van der Waals surface area contributed by atoms with Crippen molar-refractivity contribution in [3.8, 4) is 11.5 Å². The third kappa shape index (κ3) is 6.49. The molecule has 0 spiro atoms. The zero-order valence-electron chi connectivity index (χ0n) is 14.6. The van der Waals surface area contributed by atoms with Gasteiger partial charge < -0.3 is 14.8 Å². The molecule has 0 unspecified atom stereocenters. The Morgan fingerprint density at radius 2 is 2.04 bits per heavy atom. The highest BCUT2D eigenvalue weighted by Crippen LogP contribution is 2.32. The molecule has 2 rings (SSSR count). The number of carbonyl (C=O) groups is 1. The number of carbonyl (C=O) groups excluding carboxylic acids is 1. The van der Waals surface area contributed by atoms with Crippen molar-refractivity contribution in [2.45, 2.75) is 39.5 Å². The Morgan fingerprint density at radius 1 is 1.21 bits per heavy atom. The van der Waals surface area contributed by atoms with Gasteiger partial charge >= 0.3 is 0 Å². The van der Waals surface area contributed by atoms with Gasteiger partial charge in [0.2, 0.25) is 12.7 Å². The predicted molar refractivity (Wildman–Crippen MR) is 96.2 cm³/mol. The first kappa shape index (κ1) is 18.1. The van der Waals surface area contributed by atoms with Gasteiger partial charge in [0.25, 0.3) is 0 Å². The van der Waals surface area contributed by atoms with E-state index in [0.717, 1.165) is 37.2 Å². The Balaban J connectivity index is 1.57. The average molecular weight is 329 g/mol. The lowest BCUT2D eigenvalue weighted by Gasteiger charge is -2.03. The van der Waals surface area contributed by atoms with Gasteiger partial charge in [-0.25, -0.2) is 0 Å². The van der Waals surface area contributed by atoms with E-state index < -0.39 is 0 Å². The van der Waals surface area contributed by atoms with Gasteiger partial charge in [-0.3, -0.25) is 4.79 Å². The van der Waals surface area contributed by atoms with Crippen molar-refractivity contribution in [2.75, 3.05) is 13.3 Å². The molecule has 1 N–H and O–H groups in total. The minimum atomic E-state index is -0.0313. The van der Waals surface area contributed by atoms with Crippen molar-refractivity contribution in [3.05, 3.63) is 48.1 Å². The van der Waals surface area contributed by atoms with Crippen molar-refractivity contribution in [2.24, 2.45) is 5.92 Å². The molecule has 1 aliphatic rings. The molecular weight excluding hydrogens is 302 g/mol. The topological polar surface area (TPSA) is 47.6 Å². The number of rotatable bonds is 9. The van der Waals surface area contributed by atoms with Crippen molar-refractivity contribution in [1.82, 2.24) is 5.32 Å². The molecule has 1 aromatic rings. The van der Waals surface area contributed by atoms with E-state index in [0.29, 0.717) is 19.3 Å². The smallest absolute Gasteiger partial charge is 0.243 e. The first-order chi connectivity index (χ1) is 11.6. The van der Waals surface area contributed by atoms with Gasteiger partial charge in [-0.1, -0.05) is 38.1 Å². The maximum Gasteiger partial charge on any atom is 0.243 e. The Morgan fingerprint density at radius 3 is 2.88 bits per heavy atom. The SMILES string of the molecule is CC(C)CNC(=O)/C=C/C=C/CCCCc1ccc2c(c1)OCO2. The van der Waals surface area contributed by atoms with Gasteiger partial charge in [-0.2, -0.15) is 0 Å². The van der Waals surface area contributed by atoms with Crippen molar-refractivity contribution in [3.63, 3.8) is 0 Å². The standard InChI is InChI=1S/C20H27NO3/c1-16(2)14-21-20(22)10-8-6-4-3-5-7-9-17-11-12-18-19(13-17)24-15-23-18/h4,6,8,10-13,16H,3,5,7,9,14-15H2,1-2H3,(H,21,22)/b6-4+,10-8+. The minimum absolute atomic E-state index is 0.0313. The van der Waals surface area contributed by atoms with E-state index in [1.54, 1.807) is 12.2 Å². The highest BCUT2D eigenvalue weighted by Gasteiger charge is 2.12. The summed E-state index contributed by atoms with van der Waals surface area (Å²) in [6, 6.07) is 6.14. The molecule has 1 aliphatic heterocycles. The van der Waals surface area contributed by atoms with Crippen molar-refractivity contribution in [1.29, 1.82) is 0 Å². The van der Waals surface area contributed by atoms with Crippen LogP contribution in [0.25, 0.3) is 0 Å². The Bertz CT molecular complexity index is 591. The fraction of sp³-hybridized carbons (Fsp3) is 0.450. The van der Waals surface area contributed by atoms with Crippen LogP contribution in [0, 0.1) is 5.92 Å². The number of amides is 1. The van der Waals surface area contributed by atoms with Gasteiger partial charge in [-0.05, 0) is 49.3 Å². The molecule has 0 atom stereocenters. The molecule has 24 heavy (non-hydrogen) atoms. The Hall–Kier alpha value is -2.23. The van der Waals surface area contributed by atoms with Gasteiger partial charge in [0, 0.05) is 12.6 Å². The lowest BCUT2D eigenvalue weighted by molar-refractivity contribution is -0.116. The van der Waals surface area contributed by atoms with Crippen LogP contribution >= 0.6 is 0 Å². The molecule has 1 amide bonds. The fourth-order valence-corrected chi connectivity index (χ4v) is 2.37. The second kappa shape index (κ2) is 9.81. The van der Waals surface area contributed by atoms with E-state index in [2.05, 4.69) is 37.4 Å². The van der Waals surface area contributed by atoms with Crippen LogP contribution in [-0.2, 0) is 11.2 Å². The van der Waals surface area contributed by atoms with E-state index >= 15 is 0 Å². The van der Waals surface area contributed by atoms with Crippen LogP contribution in [0.2, 0.25) is 0 Å². The summed E-state index contributed by atoms with van der Waals surface area (Å²) in [5.41, 5.74) is 1.28. The molecule has 0 radical (unpaired) electrons. The maximum absolute atomic E-state index is 11.5. The number of fused-ring (bicyclic) bond motifs is 1. The minimum Gasteiger partial charge on any atom is -0.454 e. The van der Waals surface area contributed by atoms with Crippen LogP contribution in [0.4, 0.5) is 0 Å². The van der Waals surface area contributed by atoms with E-state index in [1.165, 1.54) is 5.56 Å².